The fourth-order valence-corrected chi connectivity index (χ4v) is 2.73. The third-order valence-corrected chi connectivity index (χ3v) is 3.44. The van der Waals surface area contributed by atoms with E-state index < -0.39 is 0 Å². The van der Waals surface area contributed by atoms with Crippen LogP contribution in [0.4, 0.5) is 0 Å². The molecular formula is C12H25N. The first-order chi connectivity index (χ1) is 6.40. The van der Waals surface area contributed by atoms with Crippen LogP contribution in [0.3, 0.4) is 0 Å². The van der Waals surface area contributed by atoms with E-state index in [0.29, 0.717) is 0 Å². The fraction of sp³-hybridized carbons (Fsp3) is 1.00. The Morgan fingerprint density at radius 2 is 1.85 bits per heavy atom. The van der Waals surface area contributed by atoms with Crippen molar-refractivity contribution < 1.29 is 0 Å². The average Bonchev–Trinajstić information content (AvgIpc) is 2.63. The number of hydrogen-bond acceptors (Lipinski definition) is 1. The van der Waals surface area contributed by atoms with Gasteiger partial charge in [0.15, 0.2) is 0 Å². The zero-order valence-corrected chi connectivity index (χ0v) is 9.47. The molecule has 2 rings (SSSR count). The van der Waals surface area contributed by atoms with Crippen LogP contribution in [0, 0.1) is 5.92 Å². The Kier molecular flexibility index (Phi) is 4.79. The summed E-state index contributed by atoms with van der Waals surface area (Å²) in [5, 5.41) is 3.74. The van der Waals surface area contributed by atoms with Crippen molar-refractivity contribution in [1.29, 1.82) is 0 Å². The molecule has 78 valence electrons. The van der Waals surface area contributed by atoms with Gasteiger partial charge in [0.1, 0.15) is 0 Å². The van der Waals surface area contributed by atoms with Gasteiger partial charge >= 0.3 is 0 Å². The molecule has 1 N–H and O–H groups in total. The summed E-state index contributed by atoms with van der Waals surface area (Å²) in [7, 11) is 0. The molecule has 13 heavy (non-hydrogen) atoms. The largest absolute Gasteiger partial charge is 0.311 e. The highest BCUT2D eigenvalue weighted by Gasteiger charge is 2.33. The van der Waals surface area contributed by atoms with Crippen LogP contribution in [0.1, 0.15) is 59.3 Å². The number of hydrogen-bond donors (Lipinski definition) is 1. The van der Waals surface area contributed by atoms with Crippen molar-refractivity contribution in [3.8, 4) is 0 Å². The molecule has 1 heterocycles. The molecule has 1 aliphatic heterocycles. The molecule has 2 aliphatic rings. The van der Waals surface area contributed by atoms with Gasteiger partial charge in [-0.1, -0.05) is 33.6 Å². The Balaban J connectivity index is 0.000000396. The Bertz CT molecular complexity index is 119. The molecule has 0 spiro atoms. The first kappa shape index (κ1) is 11.0. The lowest BCUT2D eigenvalue weighted by molar-refractivity contribution is 0.325. The Labute approximate surface area is 83.3 Å². The van der Waals surface area contributed by atoms with Crippen molar-refractivity contribution in [2.45, 2.75) is 71.4 Å². The van der Waals surface area contributed by atoms with E-state index in [1.807, 2.05) is 13.8 Å². The van der Waals surface area contributed by atoms with Gasteiger partial charge in [0.25, 0.3) is 0 Å². The molecule has 0 aromatic rings. The summed E-state index contributed by atoms with van der Waals surface area (Å²) in [4.78, 5) is 0. The Hall–Kier alpha value is -0.0400. The van der Waals surface area contributed by atoms with Gasteiger partial charge in [-0.25, -0.2) is 0 Å². The minimum absolute atomic E-state index is 0.850. The van der Waals surface area contributed by atoms with E-state index in [2.05, 4.69) is 12.2 Å². The van der Waals surface area contributed by atoms with Gasteiger partial charge in [-0.2, -0.15) is 0 Å². The van der Waals surface area contributed by atoms with E-state index in [1.165, 1.54) is 38.5 Å². The van der Waals surface area contributed by atoms with Gasteiger partial charge < -0.3 is 5.32 Å². The number of rotatable bonds is 1. The normalized spacial score (nSPS) is 37.6. The van der Waals surface area contributed by atoms with Crippen molar-refractivity contribution in [3.63, 3.8) is 0 Å². The molecule has 1 nitrogen and oxygen atoms in total. The smallest absolute Gasteiger partial charge is 0.00984 e. The molecule has 1 saturated carbocycles. The van der Waals surface area contributed by atoms with Crippen LogP contribution in [0.25, 0.3) is 0 Å². The van der Waals surface area contributed by atoms with E-state index in [4.69, 9.17) is 0 Å². The topological polar surface area (TPSA) is 12.0 Å². The van der Waals surface area contributed by atoms with Gasteiger partial charge in [-0.15, -0.1) is 0 Å². The first-order valence-corrected chi connectivity index (χ1v) is 6.16. The molecule has 0 aromatic heterocycles. The molecule has 2 fully saturated rings. The zero-order valence-electron chi connectivity index (χ0n) is 9.47. The van der Waals surface area contributed by atoms with Crippen molar-refractivity contribution in [2.24, 2.45) is 5.92 Å². The molecule has 1 aliphatic carbocycles. The summed E-state index contributed by atoms with van der Waals surface area (Å²) in [6, 6.07) is 1.75. The number of fused-ring (bicyclic) bond motifs is 1. The Morgan fingerprint density at radius 1 is 1.15 bits per heavy atom. The molecule has 1 heteroatoms. The average molecular weight is 183 g/mol. The van der Waals surface area contributed by atoms with Crippen LogP contribution < -0.4 is 5.32 Å². The summed E-state index contributed by atoms with van der Waals surface area (Å²) in [5.74, 6) is 1.04. The van der Waals surface area contributed by atoms with Crippen LogP contribution in [-0.2, 0) is 0 Å². The van der Waals surface area contributed by atoms with Gasteiger partial charge in [-0.3, -0.25) is 0 Å². The van der Waals surface area contributed by atoms with Crippen LogP contribution in [0.5, 0.6) is 0 Å². The minimum atomic E-state index is 0.850. The number of nitrogens with one attached hydrogen (secondary N) is 1. The predicted octanol–water partition coefficient (Wildman–Crippen LogP) is 3.34. The molecule has 1 saturated heterocycles. The monoisotopic (exact) mass is 183 g/mol. The summed E-state index contributed by atoms with van der Waals surface area (Å²) in [5.41, 5.74) is 0. The van der Waals surface area contributed by atoms with Crippen molar-refractivity contribution in [1.82, 2.24) is 5.32 Å². The molecule has 1 unspecified atom stereocenters. The van der Waals surface area contributed by atoms with Gasteiger partial charge in [0, 0.05) is 12.1 Å². The third kappa shape index (κ3) is 2.70. The maximum absolute atomic E-state index is 3.74. The first-order valence-electron chi connectivity index (χ1n) is 6.16. The van der Waals surface area contributed by atoms with Crippen LogP contribution in [0.2, 0.25) is 0 Å². The Morgan fingerprint density at radius 3 is 2.46 bits per heavy atom. The van der Waals surface area contributed by atoms with Crippen molar-refractivity contribution in [3.05, 3.63) is 0 Å². The summed E-state index contributed by atoms with van der Waals surface area (Å²) in [6.07, 6.45) is 8.67. The maximum Gasteiger partial charge on any atom is 0.00984 e. The zero-order chi connectivity index (χ0) is 9.68. The SMILES string of the molecule is CC.CC[C@@H]1CC2CCCC[C@@H]2N1. The highest BCUT2D eigenvalue weighted by atomic mass is 15.0. The van der Waals surface area contributed by atoms with Gasteiger partial charge in [0.2, 0.25) is 0 Å². The molecular weight excluding hydrogens is 158 g/mol. The van der Waals surface area contributed by atoms with Crippen molar-refractivity contribution in [2.75, 3.05) is 0 Å². The predicted molar refractivity (Wildman–Crippen MR) is 58.9 cm³/mol. The van der Waals surface area contributed by atoms with Crippen molar-refractivity contribution >= 4 is 0 Å². The van der Waals surface area contributed by atoms with Gasteiger partial charge in [0.05, 0.1) is 0 Å². The minimum Gasteiger partial charge on any atom is -0.311 e. The molecule has 0 radical (unpaired) electrons. The molecule has 0 amide bonds. The van der Waals surface area contributed by atoms with E-state index in [0.717, 1.165) is 18.0 Å². The lowest BCUT2D eigenvalue weighted by Gasteiger charge is -2.24. The van der Waals surface area contributed by atoms with E-state index in [1.54, 1.807) is 0 Å². The second-order valence-corrected chi connectivity index (χ2v) is 4.16. The molecule has 3 atom stereocenters. The molecule has 0 aromatic carbocycles. The standard InChI is InChI=1S/C10H19N.C2H6/c1-2-9-7-8-5-3-4-6-10(8)11-9;1-2/h8-11H,2-7H2,1H3;1-2H3/t8?,9-,10+;/m1./s1. The second-order valence-electron chi connectivity index (χ2n) is 4.16. The highest BCUT2D eigenvalue weighted by molar-refractivity contribution is 4.91. The quantitative estimate of drug-likeness (QED) is 0.657. The molecule has 0 bridgehead atoms. The fourth-order valence-electron chi connectivity index (χ4n) is 2.73. The van der Waals surface area contributed by atoms with Gasteiger partial charge in [-0.05, 0) is 31.6 Å². The third-order valence-electron chi connectivity index (χ3n) is 3.44. The second kappa shape index (κ2) is 5.64. The lowest BCUT2D eigenvalue weighted by Crippen LogP contribution is -2.32. The summed E-state index contributed by atoms with van der Waals surface area (Å²) in [6.45, 7) is 6.30. The van der Waals surface area contributed by atoms with Crippen LogP contribution >= 0.6 is 0 Å². The van der Waals surface area contributed by atoms with E-state index in [9.17, 15) is 0 Å². The lowest BCUT2D eigenvalue weighted by atomic mass is 9.85. The summed E-state index contributed by atoms with van der Waals surface area (Å²) >= 11 is 0. The highest BCUT2D eigenvalue weighted by Crippen LogP contribution is 2.33. The maximum atomic E-state index is 3.74. The van der Waals surface area contributed by atoms with E-state index >= 15 is 0 Å². The van der Waals surface area contributed by atoms with Crippen LogP contribution in [0.15, 0.2) is 0 Å². The summed E-state index contributed by atoms with van der Waals surface area (Å²) < 4.78 is 0. The van der Waals surface area contributed by atoms with Crippen LogP contribution in [-0.4, -0.2) is 12.1 Å². The van der Waals surface area contributed by atoms with E-state index in [-0.39, 0.29) is 0 Å².